The van der Waals surface area contributed by atoms with Gasteiger partial charge in [0.15, 0.2) is 0 Å². The minimum atomic E-state index is -0.657. The maximum Gasteiger partial charge on any atom is 0.256 e. The van der Waals surface area contributed by atoms with E-state index in [0.29, 0.717) is 45.4 Å². The summed E-state index contributed by atoms with van der Waals surface area (Å²) in [7, 11) is 0. The van der Waals surface area contributed by atoms with Crippen molar-refractivity contribution in [1.29, 1.82) is 0 Å². The first kappa shape index (κ1) is 21.1. The normalized spacial score (nSPS) is 22.9. The van der Waals surface area contributed by atoms with Crippen LogP contribution < -0.4 is 11.1 Å². The number of piperidine rings is 1. The third kappa shape index (κ3) is 4.86. The number of hydrogen-bond donors (Lipinski definition) is 2. The van der Waals surface area contributed by atoms with Gasteiger partial charge in [0.05, 0.1) is 11.5 Å². The molecule has 1 aromatic rings. The summed E-state index contributed by atoms with van der Waals surface area (Å²) in [6.45, 7) is 3.98. The third-order valence-corrected chi connectivity index (χ3v) is 5.82. The van der Waals surface area contributed by atoms with Crippen molar-refractivity contribution in [3.63, 3.8) is 0 Å². The molecular formula is C21H29FN4O3. The van der Waals surface area contributed by atoms with Crippen LogP contribution in [-0.4, -0.2) is 59.7 Å². The SMILES string of the molecule is CCN1CC(C(=O)N2CCCCC(NC(=O)c3c(N)cccc3F)C2)CCC1=O. The molecule has 0 aliphatic carbocycles. The van der Waals surface area contributed by atoms with Crippen LogP contribution in [0.15, 0.2) is 18.2 Å². The van der Waals surface area contributed by atoms with Crippen LogP contribution in [0.1, 0.15) is 49.4 Å². The monoisotopic (exact) mass is 404 g/mol. The first-order chi connectivity index (χ1) is 13.9. The molecule has 2 aliphatic heterocycles. The average molecular weight is 404 g/mol. The molecule has 29 heavy (non-hydrogen) atoms. The van der Waals surface area contributed by atoms with Crippen LogP contribution >= 0.6 is 0 Å². The van der Waals surface area contributed by atoms with Crippen LogP contribution in [0.4, 0.5) is 10.1 Å². The Bertz CT molecular complexity index is 765. The van der Waals surface area contributed by atoms with Crippen molar-refractivity contribution in [3.05, 3.63) is 29.6 Å². The molecule has 8 heteroatoms. The molecule has 0 radical (unpaired) electrons. The lowest BCUT2D eigenvalue weighted by Crippen LogP contribution is -2.50. The summed E-state index contributed by atoms with van der Waals surface area (Å²) >= 11 is 0. The number of rotatable bonds is 4. The highest BCUT2D eigenvalue weighted by Crippen LogP contribution is 2.22. The van der Waals surface area contributed by atoms with E-state index in [4.69, 9.17) is 5.73 Å². The van der Waals surface area contributed by atoms with Crippen molar-refractivity contribution in [2.24, 2.45) is 5.92 Å². The van der Waals surface area contributed by atoms with Gasteiger partial charge in [-0.15, -0.1) is 0 Å². The van der Waals surface area contributed by atoms with E-state index in [2.05, 4.69) is 5.32 Å². The van der Waals surface area contributed by atoms with E-state index in [1.54, 1.807) is 9.80 Å². The van der Waals surface area contributed by atoms with Crippen molar-refractivity contribution >= 4 is 23.4 Å². The molecule has 3 rings (SSSR count). The second-order valence-electron chi connectivity index (χ2n) is 7.82. The van der Waals surface area contributed by atoms with Crippen molar-refractivity contribution < 1.29 is 18.8 Å². The maximum absolute atomic E-state index is 14.0. The van der Waals surface area contributed by atoms with E-state index in [1.807, 2.05) is 6.92 Å². The van der Waals surface area contributed by atoms with Crippen LogP contribution in [0, 0.1) is 11.7 Å². The number of nitrogens with one attached hydrogen (secondary N) is 1. The summed E-state index contributed by atoms with van der Waals surface area (Å²) in [6, 6.07) is 3.89. The van der Waals surface area contributed by atoms with Gasteiger partial charge in [-0.25, -0.2) is 4.39 Å². The summed E-state index contributed by atoms with van der Waals surface area (Å²) in [4.78, 5) is 41.1. The highest BCUT2D eigenvalue weighted by atomic mass is 19.1. The topological polar surface area (TPSA) is 95.7 Å². The first-order valence-electron chi connectivity index (χ1n) is 10.3. The van der Waals surface area contributed by atoms with Gasteiger partial charge in [0.2, 0.25) is 11.8 Å². The highest BCUT2D eigenvalue weighted by molar-refractivity contribution is 5.99. The molecule has 0 aromatic heterocycles. The molecule has 2 saturated heterocycles. The molecule has 3 amide bonds. The molecular weight excluding hydrogens is 375 g/mol. The predicted octanol–water partition coefficient (Wildman–Crippen LogP) is 1.78. The highest BCUT2D eigenvalue weighted by Gasteiger charge is 2.34. The van der Waals surface area contributed by atoms with Gasteiger partial charge in [0.1, 0.15) is 5.82 Å². The van der Waals surface area contributed by atoms with E-state index >= 15 is 0 Å². The standard InChI is InChI=1S/C21H29FN4O3/c1-2-25-12-14(9-10-18(25)27)21(29)26-11-4-3-6-15(13-26)24-20(28)19-16(22)7-5-8-17(19)23/h5,7-8,14-15H,2-4,6,9-13,23H2,1H3,(H,24,28). The fourth-order valence-electron chi connectivity index (χ4n) is 4.18. The summed E-state index contributed by atoms with van der Waals surface area (Å²) in [6.07, 6.45) is 3.39. The van der Waals surface area contributed by atoms with Gasteiger partial charge in [0, 0.05) is 44.3 Å². The number of amides is 3. The third-order valence-electron chi connectivity index (χ3n) is 5.82. The summed E-state index contributed by atoms with van der Waals surface area (Å²) < 4.78 is 14.0. The molecule has 3 N–H and O–H groups in total. The van der Waals surface area contributed by atoms with Gasteiger partial charge in [-0.2, -0.15) is 0 Å². The lowest BCUT2D eigenvalue weighted by atomic mass is 9.95. The second-order valence-corrected chi connectivity index (χ2v) is 7.82. The van der Waals surface area contributed by atoms with Crippen molar-refractivity contribution in [3.8, 4) is 0 Å². The fraction of sp³-hybridized carbons (Fsp3) is 0.571. The summed E-state index contributed by atoms with van der Waals surface area (Å²) in [5, 5.41) is 2.85. The Morgan fingerprint density at radius 2 is 2.03 bits per heavy atom. The molecule has 2 unspecified atom stereocenters. The van der Waals surface area contributed by atoms with Crippen LogP contribution in [-0.2, 0) is 9.59 Å². The number of carbonyl (C=O) groups is 3. The van der Waals surface area contributed by atoms with E-state index in [0.717, 1.165) is 12.8 Å². The smallest absolute Gasteiger partial charge is 0.256 e. The van der Waals surface area contributed by atoms with Crippen LogP contribution in [0.25, 0.3) is 0 Å². The van der Waals surface area contributed by atoms with E-state index in [9.17, 15) is 18.8 Å². The van der Waals surface area contributed by atoms with Gasteiger partial charge < -0.3 is 20.9 Å². The number of carbonyl (C=O) groups excluding carboxylic acids is 3. The molecule has 0 bridgehead atoms. The Hall–Kier alpha value is -2.64. The number of nitrogens with zero attached hydrogens (tertiary/aromatic N) is 2. The van der Waals surface area contributed by atoms with Crippen molar-refractivity contribution in [2.75, 3.05) is 31.9 Å². The molecule has 2 atom stereocenters. The number of nitrogen functional groups attached to an aromatic ring is 1. The van der Waals surface area contributed by atoms with Gasteiger partial charge >= 0.3 is 0 Å². The van der Waals surface area contributed by atoms with Gasteiger partial charge in [0.25, 0.3) is 5.91 Å². The average Bonchev–Trinajstić information content (AvgIpc) is 2.93. The lowest BCUT2D eigenvalue weighted by Gasteiger charge is -2.35. The minimum absolute atomic E-state index is 0.0301. The molecule has 158 valence electrons. The van der Waals surface area contributed by atoms with Gasteiger partial charge in [-0.1, -0.05) is 6.07 Å². The van der Waals surface area contributed by atoms with Crippen LogP contribution in [0.5, 0.6) is 0 Å². The lowest BCUT2D eigenvalue weighted by molar-refractivity contribution is -0.143. The van der Waals surface area contributed by atoms with Crippen molar-refractivity contribution in [1.82, 2.24) is 15.1 Å². The molecule has 2 fully saturated rings. The molecule has 7 nitrogen and oxygen atoms in total. The zero-order chi connectivity index (χ0) is 21.0. The second kappa shape index (κ2) is 9.24. The van der Waals surface area contributed by atoms with E-state index in [1.165, 1.54) is 18.2 Å². The summed E-state index contributed by atoms with van der Waals surface area (Å²) in [5.74, 6) is -1.29. The molecule has 0 saturated carbocycles. The number of nitrogens with two attached hydrogens (primary N) is 1. The Labute approximate surface area is 170 Å². The first-order valence-corrected chi connectivity index (χ1v) is 10.3. The van der Waals surface area contributed by atoms with E-state index in [-0.39, 0.29) is 35.0 Å². The molecule has 1 aromatic carbocycles. The molecule has 0 spiro atoms. The number of anilines is 1. The van der Waals surface area contributed by atoms with E-state index < -0.39 is 11.7 Å². The summed E-state index contributed by atoms with van der Waals surface area (Å²) in [5.41, 5.74) is 5.71. The van der Waals surface area contributed by atoms with Crippen LogP contribution in [0.3, 0.4) is 0 Å². The number of halogens is 1. The fourth-order valence-corrected chi connectivity index (χ4v) is 4.18. The van der Waals surface area contributed by atoms with Gasteiger partial charge in [-0.3, -0.25) is 14.4 Å². The largest absolute Gasteiger partial charge is 0.398 e. The minimum Gasteiger partial charge on any atom is -0.398 e. The van der Waals surface area contributed by atoms with Crippen LogP contribution in [0.2, 0.25) is 0 Å². The number of hydrogen-bond acceptors (Lipinski definition) is 4. The Morgan fingerprint density at radius 3 is 2.76 bits per heavy atom. The predicted molar refractivity (Wildman–Crippen MR) is 107 cm³/mol. The Kier molecular flexibility index (Phi) is 6.71. The van der Waals surface area contributed by atoms with Crippen molar-refractivity contribution in [2.45, 2.75) is 45.1 Å². The Balaban J connectivity index is 1.66. The zero-order valence-corrected chi connectivity index (χ0v) is 16.8. The number of likely N-dealkylation sites (tertiary alicyclic amines) is 2. The maximum atomic E-state index is 14.0. The Morgan fingerprint density at radius 1 is 1.24 bits per heavy atom. The van der Waals surface area contributed by atoms with Gasteiger partial charge in [-0.05, 0) is 44.7 Å². The number of benzene rings is 1. The quantitative estimate of drug-likeness (QED) is 0.748. The zero-order valence-electron chi connectivity index (χ0n) is 16.8. The molecule has 2 aliphatic rings. The molecule has 2 heterocycles.